The average Bonchev–Trinajstić information content (AvgIpc) is 0. The van der Waals surface area contributed by atoms with Gasteiger partial charge in [-0.15, -0.1) is 0 Å². The van der Waals surface area contributed by atoms with Crippen LogP contribution in [0.25, 0.3) is 0 Å². The van der Waals surface area contributed by atoms with Gasteiger partial charge in [-0.3, -0.25) is 0 Å². The van der Waals surface area contributed by atoms with E-state index < -0.39 is 0 Å². The molecule has 0 aromatic carbocycles. The molecule has 0 atom stereocenters. The Balaban J connectivity index is 0. The number of rotatable bonds is 0. The van der Waals surface area contributed by atoms with Crippen molar-refractivity contribution in [1.82, 2.24) is 0 Å². The van der Waals surface area contributed by atoms with E-state index >= 15 is 0 Å². The summed E-state index contributed by atoms with van der Waals surface area (Å²) in [6, 6.07) is 0. The summed E-state index contributed by atoms with van der Waals surface area (Å²) in [5.74, 6) is 0. The Bertz CT molecular complexity index is 8.00. The summed E-state index contributed by atoms with van der Waals surface area (Å²) >= 11 is 0. The van der Waals surface area contributed by atoms with Gasteiger partial charge in [-0.1, -0.05) is 0 Å². The Morgan fingerprint density at radius 1 is 1.00 bits per heavy atom. The molecule has 0 N–H and O–H groups in total. The van der Waals surface area contributed by atoms with Gasteiger partial charge in [-0.2, -0.15) is 0 Å². The van der Waals surface area contributed by atoms with Gasteiger partial charge in [0.1, 0.15) is 0 Å². The van der Waals surface area contributed by atoms with Crippen molar-refractivity contribution in [2.24, 2.45) is 0 Å². The van der Waals surface area contributed by atoms with Gasteiger partial charge in [0.05, 0.1) is 0 Å². The monoisotopic (exact) mass is 153 g/mol. The maximum atomic E-state index is 0. The molecule has 0 spiro atoms. The third-order valence-electron chi connectivity index (χ3n) is 0. The predicted molar refractivity (Wildman–Crippen MR) is 22.8 cm³/mol. The van der Waals surface area contributed by atoms with E-state index in [1.165, 1.54) is 0 Å². The first-order valence-electron chi connectivity index (χ1n) is 0. The van der Waals surface area contributed by atoms with Crippen LogP contribution in [-0.2, 0) is 17.1 Å². The summed E-state index contributed by atoms with van der Waals surface area (Å²) in [5, 5.41) is 0. The molecule has 0 fully saturated rings. The molecule has 4 heteroatoms. The summed E-state index contributed by atoms with van der Waals surface area (Å²) in [5.41, 5.74) is 0. The molecule has 0 rings (SSSR count). The maximum absolute atomic E-state index is 0. The number of hydrogen-bond donors (Lipinski definition) is 0. The first-order chi connectivity index (χ1) is 0. The summed E-state index contributed by atoms with van der Waals surface area (Å²) in [7, 11) is 0. The molecule has 0 aliphatic rings. The van der Waals surface area contributed by atoms with Crippen LogP contribution < -0.4 is 0 Å². The van der Waals surface area contributed by atoms with Gasteiger partial charge < -0.3 is 0 Å². The van der Waals surface area contributed by atoms with Crippen molar-refractivity contribution < 1.29 is 17.1 Å². The molecule has 0 amide bonds. The van der Waals surface area contributed by atoms with E-state index in [4.69, 9.17) is 0 Å². The Morgan fingerprint density at radius 2 is 1.00 bits per heavy atom. The Kier molecular flexibility index (Phi) is 97.4. The summed E-state index contributed by atoms with van der Waals surface area (Å²) in [4.78, 5) is 0. The zero-order chi connectivity index (χ0) is 0. The standard InChI is InChI=1S/Cu.K.Mg.Na.4H. The van der Waals surface area contributed by atoms with Crippen molar-refractivity contribution in [2.75, 3.05) is 0 Å². The van der Waals surface area contributed by atoms with Gasteiger partial charge in [0, 0.05) is 17.1 Å². The van der Waals surface area contributed by atoms with Crippen molar-refractivity contribution in [2.45, 2.75) is 0 Å². The second-order valence-electron chi connectivity index (χ2n) is 0. The molecule has 0 saturated carbocycles. The van der Waals surface area contributed by atoms with E-state index in [-0.39, 0.29) is 121 Å². The molecule has 0 heterocycles. The Morgan fingerprint density at radius 3 is 1.00 bits per heavy atom. The molecule has 0 aliphatic heterocycles. The molecule has 1 radical (unpaired) electrons. The Labute approximate surface area is 118 Å². The van der Waals surface area contributed by atoms with Crippen LogP contribution in [0.1, 0.15) is 0 Å². The van der Waals surface area contributed by atoms with Crippen LogP contribution in [0, 0.1) is 0 Å². The van der Waals surface area contributed by atoms with Gasteiger partial charge in [0.2, 0.25) is 0 Å². The molecular formula is H4CuKMgNa. The fourth-order valence-electron chi connectivity index (χ4n) is 0. The molecule has 0 nitrogen and oxygen atoms in total. The van der Waals surface area contributed by atoms with Crippen molar-refractivity contribution in [3.63, 3.8) is 0 Å². The molecule has 0 aromatic rings. The molecule has 19 valence electrons. The minimum absolute atomic E-state index is 0. The molecule has 4 heavy (non-hydrogen) atoms. The number of hydrogen-bond acceptors (Lipinski definition) is 0. The molecule has 0 bridgehead atoms. The Hall–Kier alpha value is 3.92. The normalized spacial score (nSPS) is 0. The van der Waals surface area contributed by atoms with Crippen LogP contribution in [0.5, 0.6) is 0 Å². The third kappa shape index (κ3) is 9.33. The van der Waals surface area contributed by atoms with Crippen molar-refractivity contribution >= 4 is 104 Å². The predicted octanol–water partition coefficient (Wildman–Crippen LogP) is -2.22. The van der Waals surface area contributed by atoms with E-state index in [1.807, 2.05) is 0 Å². The van der Waals surface area contributed by atoms with Crippen LogP contribution in [0.4, 0.5) is 0 Å². The fourth-order valence-corrected chi connectivity index (χ4v) is 0. The van der Waals surface area contributed by atoms with E-state index in [1.54, 1.807) is 0 Å². The van der Waals surface area contributed by atoms with Crippen molar-refractivity contribution in [3.05, 3.63) is 0 Å². The van der Waals surface area contributed by atoms with Gasteiger partial charge >= 0.3 is 104 Å². The third-order valence-corrected chi connectivity index (χ3v) is 0. The van der Waals surface area contributed by atoms with Crippen LogP contribution in [0.3, 0.4) is 0 Å². The molecule has 0 saturated heterocycles. The molecular weight excluding hydrogens is 150 g/mol. The van der Waals surface area contributed by atoms with Crippen LogP contribution in [0.2, 0.25) is 0 Å². The van der Waals surface area contributed by atoms with Crippen molar-refractivity contribution in [1.29, 1.82) is 0 Å². The van der Waals surface area contributed by atoms with Crippen LogP contribution in [-0.4, -0.2) is 104 Å². The first-order valence-corrected chi connectivity index (χ1v) is 0. The van der Waals surface area contributed by atoms with E-state index in [2.05, 4.69) is 0 Å². The van der Waals surface area contributed by atoms with Gasteiger partial charge in [-0.05, 0) is 0 Å². The second kappa shape index (κ2) is 15.8. The summed E-state index contributed by atoms with van der Waals surface area (Å²) < 4.78 is 0. The van der Waals surface area contributed by atoms with Gasteiger partial charge in [0.15, 0.2) is 0 Å². The molecule has 0 aliphatic carbocycles. The zero-order valence-electron chi connectivity index (χ0n) is 0.302. The first kappa shape index (κ1) is 24.7. The average molecular weight is 154 g/mol. The second-order valence-corrected chi connectivity index (χ2v) is 0. The SMILES string of the molecule is [Cu].[KH].[MgH2].[NaH]. The van der Waals surface area contributed by atoms with Crippen molar-refractivity contribution in [3.8, 4) is 0 Å². The summed E-state index contributed by atoms with van der Waals surface area (Å²) in [6.45, 7) is 0. The van der Waals surface area contributed by atoms with E-state index in [9.17, 15) is 0 Å². The van der Waals surface area contributed by atoms with Crippen LogP contribution in [0.15, 0.2) is 0 Å². The minimum atomic E-state index is 0. The van der Waals surface area contributed by atoms with Gasteiger partial charge in [-0.25, -0.2) is 0 Å². The van der Waals surface area contributed by atoms with E-state index in [0.29, 0.717) is 0 Å². The quantitative estimate of drug-likeness (QED) is 0.347. The fraction of sp³-hybridized carbons (Fsp3) is 0. The van der Waals surface area contributed by atoms with Gasteiger partial charge in [0.25, 0.3) is 0 Å². The van der Waals surface area contributed by atoms with E-state index in [0.717, 1.165) is 0 Å². The topological polar surface area (TPSA) is 0 Å². The molecule has 0 aromatic heterocycles. The summed E-state index contributed by atoms with van der Waals surface area (Å²) in [6.07, 6.45) is 0. The molecule has 0 unspecified atom stereocenters. The van der Waals surface area contributed by atoms with Crippen LogP contribution >= 0.6 is 0 Å². The zero-order valence-corrected chi connectivity index (χ0v) is 1.24.